The molecule has 1 unspecified atom stereocenters. The van der Waals surface area contributed by atoms with Gasteiger partial charge in [0, 0.05) is 6.54 Å². The van der Waals surface area contributed by atoms with Gasteiger partial charge in [-0.05, 0) is 44.2 Å². The van der Waals surface area contributed by atoms with Gasteiger partial charge in [-0.15, -0.1) is 12.4 Å². The second kappa shape index (κ2) is 7.26. The lowest BCUT2D eigenvalue weighted by atomic mass is 9.77. The number of benzene rings is 1. The van der Waals surface area contributed by atoms with Gasteiger partial charge in [-0.3, -0.25) is 0 Å². The van der Waals surface area contributed by atoms with Crippen molar-refractivity contribution in [1.82, 2.24) is 14.4 Å². The number of piperidine rings is 1. The molecule has 2 N–H and O–H groups in total. The van der Waals surface area contributed by atoms with Crippen molar-refractivity contribution in [3.63, 3.8) is 0 Å². The van der Waals surface area contributed by atoms with E-state index in [-0.39, 0.29) is 17.3 Å². The Kier molecular flexibility index (Phi) is 5.39. The fraction of sp³-hybridized carbons (Fsp3) is 0.529. The highest BCUT2D eigenvalue weighted by Gasteiger charge is 2.42. The van der Waals surface area contributed by atoms with E-state index in [1.54, 1.807) is 30.3 Å². The molecule has 142 valence electrons. The Balaban J connectivity index is 0.00000196. The minimum Gasteiger partial charge on any atom is -0.337 e. The van der Waals surface area contributed by atoms with Crippen LogP contribution in [0.4, 0.5) is 0 Å². The third-order valence-corrected chi connectivity index (χ3v) is 7.14. The predicted octanol–water partition coefficient (Wildman–Crippen LogP) is 2.75. The molecule has 0 radical (unpaired) electrons. The Morgan fingerprint density at radius 2 is 1.88 bits per heavy atom. The molecule has 1 saturated carbocycles. The number of hydrogen-bond acceptors (Lipinski definition) is 6. The average Bonchev–Trinajstić information content (AvgIpc) is 3.11. The van der Waals surface area contributed by atoms with E-state index < -0.39 is 21.6 Å². The first kappa shape index (κ1) is 19.3. The highest BCUT2D eigenvalue weighted by atomic mass is 35.5. The highest BCUT2D eigenvalue weighted by molar-refractivity contribution is 7.89. The van der Waals surface area contributed by atoms with E-state index >= 15 is 0 Å². The molecule has 1 atom stereocenters. The van der Waals surface area contributed by atoms with E-state index in [0.29, 0.717) is 24.7 Å². The smallest absolute Gasteiger partial charge is 0.245 e. The van der Waals surface area contributed by atoms with Crippen LogP contribution in [-0.4, -0.2) is 29.4 Å². The summed E-state index contributed by atoms with van der Waals surface area (Å²) in [6.07, 6.45) is 5.15. The van der Waals surface area contributed by atoms with Crippen LogP contribution >= 0.6 is 12.4 Å². The number of nitrogens with zero attached hydrogens (tertiary/aromatic N) is 3. The minimum absolute atomic E-state index is 0. The van der Waals surface area contributed by atoms with Crippen LogP contribution in [0.2, 0.25) is 0 Å². The van der Waals surface area contributed by atoms with Crippen LogP contribution in [0.3, 0.4) is 0 Å². The molecule has 1 aliphatic heterocycles. The summed E-state index contributed by atoms with van der Waals surface area (Å²) in [4.78, 5) is 4.76. The standard InChI is InChI=1S/C17H22N4O3S.ClH/c18-17(10-6-11-17)16-19-15(24-20-16)14-9-4-5-12-21(14)25(22,23)13-7-2-1-3-8-13;/h1-3,7-8,14H,4-6,9-12,18H2;1H. The molecule has 2 fully saturated rings. The molecule has 1 saturated heterocycles. The van der Waals surface area contributed by atoms with Gasteiger partial charge in [-0.25, -0.2) is 8.42 Å². The molecule has 0 bridgehead atoms. The normalized spacial score (nSPS) is 23.0. The van der Waals surface area contributed by atoms with E-state index in [1.165, 1.54) is 4.31 Å². The second-order valence-corrected chi connectivity index (χ2v) is 8.80. The summed E-state index contributed by atoms with van der Waals surface area (Å²) < 4.78 is 33.0. The van der Waals surface area contributed by atoms with Crippen molar-refractivity contribution in [1.29, 1.82) is 0 Å². The molecule has 26 heavy (non-hydrogen) atoms. The third kappa shape index (κ3) is 3.26. The average molecular weight is 399 g/mol. The molecular weight excluding hydrogens is 376 g/mol. The number of hydrogen-bond donors (Lipinski definition) is 1. The Morgan fingerprint density at radius 3 is 2.54 bits per heavy atom. The topological polar surface area (TPSA) is 102 Å². The van der Waals surface area contributed by atoms with Crippen LogP contribution < -0.4 is 5.73 Å². The first-order valence-electron chi connectivity index (χ1n) is 8.71. The zero-order valence-corrected chi connectivity index (χ0v) is 16.0. The molecule has 0 spiro atoms. The van der Waals surface area contributed by atoms with Gasteiger partial charge >= 0.3 is 0 Å². The van der Waals surface area contributed by atoms with Crippen molar-refractivity contribution in [2.75, 3.05) is 6.54 Å². The van der Waals surface area contributed by atoms with Gasteiger partial charge in [-0.1, -0.05) is 29.8 Å². The maximum Gasteiger partial charge on any atom is 0.245 e. The van der Waals surface area contributed by atoms with Crippen molar-refractivity contribution in [3.8, 4) is 0 Å². The SMILES string of the molecule is Cl.NC1(c2noc(C3CCCCN3S(=O)(=O)c3ccccc3)n2)CCC1. The first-order valence-corrected chi connectivity index (χ1v) is 10.1. The third-order valence-electron chi connectivity index (χ3n) is 5.22. The molecule has 1 aromatic heterocycles. The van der Waals surface area contributed by atoms with Gasteiger partial charge in [-0.2, -0.15) is 9.29 Å². The Bertz CT molecular complexity index is 852. The fourth-order valence-corrected chi connectivity index (χ4v) is 5.19. The van der Waals surface area contributed by atoms with Crippen LogP contribution in [0.1, 0.15) is 56.3 Å². The largest absolute Gasteiger partial charge is 0.337 e. The highest BCUT2D eigenvalue weighted by Crippen LogP contribution is 2.39. The van der Waals surface area contributed by atoms with Crippen LogP contribution in [0, 0.1) is 0 Å². The lowest BCUT2D eigenvalue weighted by molar-refractivity contribution is 0.201. The van der Waals surface area contributed by atoms with Gasteiger partial charge in [0.15, 0.2) is 5.82 Å². The van der Waals surface area contributed by atoms with Gasteiger partial charge in [0.05, 0.1) is 10.4 Å². The summed E-state index contributed by atoms with van der Waals surface area (Å²) in [7, 11) is -3.60. The molecule has 1 aromatic carbocycles. The fourth-order valence-electron chi connectivity index (χ4n) is 3.52. The van der Waals surface area contributed by atoms with Crippen molar-refractivity contribution >= 4 is 22.4 Å². The van der Waals surface area contributed by atoms with E-state index in [2.05, 4.69) is 10.1 Å². The minimum atomic E-state index is -3.60. The zero-order valence-electron chi connectivity index (χ0n) is 14.4. The first-order chi connectivity index (χ1) is 12.0. The van der Waals surface area contributed by atoms with Gasteiger partial charge in [0.1, 0.15) is 6.04 Å². The molecule has 7 nitrogen and oxygen atoms in total. The number of nitrogens with two attached hydrogens (primary N) is 1. The van der Waals surface area contributed by atoms with E-state index in [4.69, 9.17) is 10.3 Å². The number of halogens is 1. The second-order valence-electron chi connectivity index (χ2n) is 6.91. The maximum atomic E-state index is 13.1. The number of rotatable bonds is 4. The summed E-state index contributed by atoms with van der Waals surface area (Å²) in [5.41, 5.74) is 5.75. The van der Waals surface area contributed by atoms with Crippen LogP contribution in [-0.2, 0) is 15.6 Å². The van der Waals surface area contributed by atoms with Gasteiger partial charge in [0.2, 0.25) is 15.9 Å². The molecule has 2 heterocycles. The summed E-state index contributed by atoms with van der Waals surface area (Å²) in [6.45, 7) is 0.452. The van der Waals surface area contributed by atoms with Crippen LogP contribution in [0.5, 0.6) is 0 Å². The monoisotopic (exact) mass is 398 g/mol. The zero-order chi connectivity index (χ0) is 17.5. The lowest BCUT2D eigenvalue weighted by Crippen LogP contribution is -2.44. The number of aromatic nitrogens is 2. The Hall–Kier alpha value is -1.48. The summed E-state index contributed by atoms with van der Waals surface area (Å²) in [6, 6.07) is 8.06. The molecule has 2 aliphatic rings. The van der Waals surface area contributed by atoms with Crippen LogP contribution in [0.15, 0.2) is 39.8 Å². The number of sulfonamides is 1. The molecule has 9 heteroatoms. The van der Waals surface area contributed by atoms with Crippen molar-refractivity contribution in [3.05, 3.63) is 42.0 Å². The van der Waals surface area contributed by atoms with E-state index in [9.17, 15) is 8.42 Å². The van der Waals surface area contributed by atoms with E-state index in [1.807, 2.05) is 0 Å². The van der Waals surface area contributed by atoms with Crippen molar-refractivity contribution < 1.29 is 12.9 Å². The molecule has 4 rings (SSSR count). The van der Waals surface area contributed by atoms with Gasteiger partial charge < -0.3 is 10.3 Å². The molecular formula is C17H23ClN4O3S. The maximum absolute atomic E-state index is 13.1. The quantitative estimate of drug-likeness (QED) is 0.849. The molecule has 0 amide bonds. The Labute approximate surface area is 159 Å². The summed E-state index contributed by atoms with van der Waals surface area (Å²) >= 11 is 0. The van der Waals surface area contributed by atoms with Crippen molar-refractivity contribution in [2.24, 2.45) is 5.73 Å². The van der Waals surface area contributed by atoms with Crippen LogP contribution in [0.25, 0.3) is 0 Å². The summed E-state index contributed by atoms with van der Waals surface area (Å²) in [5.74, 6) is 0.849. The van der Waals surface area contributed by atoms with Gasteiger partial charge in [0.25, 0.3) is 0 Å². The molecule has 1 aliphatic carbocycles. The lowest BCUT2D eigenvalue weighted by Gasteiger charge is -2.34. The predicted molar refractivity (Wildman–Crippen MR) is 98.2 cm³/mol. The van der Waals surface area contributed by atoms with Crippen molar-refractivity contribution in [2.45, 2.75) is 55.0 Å². The van der Waals surface area contributed by atoms with E-state index in [0.717, 1.165) is 32.1 Å². The summed E-state index contributed by atoms with van der Waals surface area (Å²) in [5, 5.41) is 4.04. The molecule has 2 aromatic rings. The Morgan fingerprint density at radius 1 is 1.15 bits per heavy atom.